The van der Waals surface area contributed by atoms with Crippen LogP contribution in [0.2, 0.25) is 0 Å². The van der Waals surface area contributed by atoms with Gasteiger partial charge in [-0.3, -0.25) is 4.68 Å². The molecular weight excluding hydrogens is 200 g/mol. The van der Waals surface area contributed by atoms with Crippen molar-refractivity contribution in [2.45, 2.75) is 0 Å². The molecule has 0 aliphatic carbocycles. The Morgan fingerprint density at radius 1 is 1.20 bits per heavy atom. The van der Waals surface area contributed by atoms with Gasteiger partial charge in [0.25, 0.3) is 0 Å². The van der Waals surface area contributed by atoms with Gasteiger partial charge in [0.05, 0.1) is 17.6 Å². The third-order valence-corrected chi connectivity index (χ3v) is 2.10. The Balaban J connectivity index is 2.63. The maximum atomic E-state index is 13.0. The largest absolute Gasteiger partial charge is 0.396 e. The Morgan fingerprint density at radius 3 is 2.27 bits per heavy atom. The maximum absolute atomic E-state index is 13.0. The van der Waals surface area contributed by atoms with Gasteiger partial charge >= 0.3 is 0 Å². The topological polar surface area (TPSA) is 43.8 Å². The number of halogens is 2. The van der Waals surface area contributed by atoms with Crippen molar-refractivity contribution in [2.24, 2.45) is 7.05 Å². The Labute approximate surface area is 85.1 Å². The number of nitrogen functional groups attached to an aromatic ring is 1. The molecule has 1 aromatic carbocycles. The maximum Gasteiger partial charge on any atom is 0.126 e. The van der Waals surface area contributed by atoms with Crippen molar-refractivity contribution in [3.63, 3.8) is 0 Å². The molecule has 0 spiro atoms. The summed E-state index contributed by atoms with van der Waals surface area (Å²) < 4.78 is 27.4. The fourth-order valence-electron chi connectivity index (χ4n) is 1.50. The average molecular weight is 209 g/mol. The number of hydrogen-bond acceptors (Lipinski definition) is 2. The molecule has 0 fully saturated rings. The molecule has 0 aliphatic rings. The molecule has 1 aromatic heterocycles. The summed E-state index contributed by atoms with van der Waals surface area (Å²) in [5.41, 5.74) is 6.92. The van der Waals surface area contributed by atoms with Gasteiger partial charge in [0.15, 0.2) is 0 Å². The molecule has 0 unspecified atom stereocenters. The van der Waals surface area contributed by atoms with Gasteiger partial charge in [0.1, 0.15) is 11.6 Å². The lowest BCUT2D eigenvalue weighted by atomic mass is 10.1. The van der Waals surface area contributed by atoms with Gasteiger partial charge in [-0.25, -0.2) is 8.78 Å². The van der Waals surface area contributed by atoms with Crippen LogP contribution in [0, 0.1) is 11.6 Å². The zero-order valence-electron chi connectivity index (χ0n) is 8.04. The molecule has 0 saturated carbocycles. The van der Waals surface area contributed by atoms with Crippen LogP contribution in [0.4, 0.5) is 14.5 Å². The summed E-state index contributed by atoms with van der Waals surface area (Å²) in [5, 5.41) is 3.90. The fraction of sp³-hybridized carbons (Fsp3) is 0.100. The molecule has 0 atom stereocenters. The van der Waals surface area contributed by atoms with Crippen molar-refractivity contribution in [1.29, 1.82) is 0 Å². The second-order valence-electron chi connectivity index (χ2n) is 3.23. The van der Waals surface area contributed by atoms with Crippen LogP contribution in [0.25, 0.3) is 11.3 Å². The van der Waals surface area contributed by atoms with Crippen LogP contribution in [0.5, 0.6) is 0 Å². The molecule has 0 aliphatic heterocycles. The van der Waals surface area contributed by atoms with Crippen LogP contribution in [0.15, 0.2) is 24.4 Å². The molecule has 0 bridgehead atoms. The lowest BCUT2D eigenvalue weighted by molar-refractivity contribution is 0.583. The smallest absolute Gasteiger partial charge is 0.126 e. The number of benzene rings is 1. The minimum Gasteiger partial charge on any atom is -0.396 e. The minimum absolute atomic E-state index is 0.380. The van der Waals surface area contributed by atoms with Gasteiger partial charge in [0.2, 0.25) is 0 Å². The van der Waals surface area contributed by atoms with Crippen molar-refractivity contribution in [3.8, 4) is 11.3 Å². The second-order valence-corrected chi connectivity index (χ2v) is 3.23. The monoisotopic (exact) mass is 209 g/mol. The van der Waals surface area contributed by atoms with Crippen molar-refractivity contribution >= 4 is 5.69 Å². The number of rotatable bonds is 1. The standard InChI is InChI=1S/C10H9F2N3/c1-15-10(9(13)5-14-15)6-2-7(11)4-8(12)3-6/h2-5H,13H2,1H3. The first-order valence-corrected chi connectivity index (χ1v) is 4.32. The fourth-order valence-corrected chi connectivity index (χ4v) is 1.50. The quantitative estimate of drug-likeness (QED) is 0.780. The number of aryl methyl sites for hydroxylation is 1. The van der Waals surface area contributed by atoms with Crippen LogP contribution in [0.1, 0.15) is 0 Å². The van der Waals surface area contributed by atoms with E-state index < -0.39 is 11.6 Å². The highest BCUT2D eigenvalue weighted by Gasteiger charge is 2.10. The Kier molecular flexibility index (Phi) is 2.15. The first kappa shape index (κ1) is 9.64. The molecule has 15 heavy (non-hydrogen) atoms. The van der Waals surface area contributed by atoms with Crippen molar-refractivity contribution in [2.75, 3.05) is 5.73 Å². The van der Waals surface area contributed by atoms with Crippen LogP contribution >= 0.6 is 0 Å². The first-order valence-electron chi connectivity index (χ1n) is 4.32. The predicted octanol–water partition coefficient (Wildman–Crippen LogP) is 1.95. The zero-order valence-corrected chi connectivity index (χ0v) is 8.04. The first-order chi connectivity index (χ1) is 7.08. The van der Waals surface area contributed by atoms with E-state index in [1.807, 2.05) is 0 Å². The Hall–Kier alpha value is -1.91. The van der Waals surface area contributed by atoms with Gasteiger partial charge in [0, 0.05) is 18.7 Å². The Morgan fingerprint density at radius 2 is 1.80 bits per heavy atom. The van der Waals surface area contributed by atoms with E-state index in [1.165, 1.54) is 23.0 Å². The molecule has 1 heterocycles. The third-order valence-electron chi connectivity index (χ3n) is 2.10. The van der Waals surface area contributed by atoms with Gasteiger partial charge in [-0.15, -0.1) is 0 Å². The van der Waals surface area contributed by atoms with Gasteiger partial charge in [-0.1, -0.05) is 0 Å². The van der Waals surface area contributed by atoms with Crippen molar-refractivity contribution in [1.82, 2.24) is 9.78 Å². The number of aromatic nitrogens is 2. The summed E-state index contributed by atoms with van der Waals surface area (Å²) in [6, 6.07) is 3.25. The molecule has 5 heteroatoms. The van der Waals surface area contributed by atoms with E-state index in [-0.39, 0.29) is 0 Å². The molecule has 2 aromatic rings. The van der Waals surface area contributed by atoms with E-state index in [4.69, 9.17) is 5.73 Å². The highest BCUT2D eigenvalue weighted by atomic mass is 19.1. The zero-order chi connectivity index (χ0) is 11.0. The van der Waals surface area contributed by atoms with E-state index in [9.17, 15) is 8.78 Å². The van der Waals surface area contributed by atoms with Gasteiger partial charge in [-0.2, -0.15) is 5.10 Å². The van der Waals surface area contributed by atoms with Crippen LogP contribution in [-0.4, -0.2) is 9.78 Å². The number of nitrogens with zero attached hydrogens (tertiary/aromatic N) is 2. The molecule has 0 saturated heterocycles. The summed E-state index contributed by atoms with van der Waals surface area (Å²) in [7, 11) is 1.66. The van der Waals surface area contributed by atoms with E-state index in [2.05, 4.69) is 5.10 Å². The summed E-state index contributed by atoms with van der Waals surface area (Å²) in [6.07, 6.45) is 1.44. The van der Waals surface area contributed by atoms with E-state index in [1.54, 1.807) is 7.05 Å². The highest BCUT2D eigenvalue weighted by Crippen LogP contribution is 2.26. The molecule has 0 radical (unpaired) electrons. The molecule has 0 amide bonds. The summed E-state index contributed by atoms with van der Waals surface area (Å²) in [5.74, 6) is -1.27. The molecule has 2 N–H and O–H groups in total. The normalized spacial score (nSPS) is 10.6. The average Bonchev–Trinajstić information content (AvgIpc) is 2.44. The van der Waals surface area contributed by atoms with Gasteiger partial charge < -0.3 is 5.73 Å². The number of anilines is 1. The Bertz CT molecular complexity index is 466. The molecular formula is C10H9F2N3. The number of hydrogen-bond donors (Lipinski definition) is 1. The predicted molar refractivity (Wildman–Crippen MR) is 53.0 cm³/mol. The van der Waals surface area contributed by atoms with Crippen LogP contribution in [-0.2, 0) is 7.05 Å². The van der Waals surface area contributed by atoms with E-state index in [0.717, 1.165) is 6.07 Å². The summed E-state index contributed by atoms with van der Waals surface area (Å²) >= 11 is 0. The molecule has 78 valence electrons. The van der Waals surface area contributed by atoms with Crippen molar-refractivity contribution < 1.29 is 8.78 Å². The lowest BCUT2D eigenvalue weighted by Crippen LogP contribution is -1.96. The van der Waals surface area contributed by atoms with E-state index in [0.29, 0.717) is 16.9 Å². The number of nitrogens with two attached hydrogens (primary N) is 1. The SMILES string of the molecule is Cn1ncc(N)c1-c1cc(F)cc(F)c1. The second kappa shape index (κ2) is 3.34. The molecule has 2 rings (SSSR count). The van der Waals surface area contributed by atoms with Crippen LogP contribution in [0.3, 0.4) is 0 Å². The minimum atomic E-state index is -0.634. The lowest BCUT2D eigenvalue weighted by Gasteiger charge is -2.04. The van der Waals surface area contributed by atoms with Gasteiger partial charge in [-0.05, 0) is 12.1 Å². The van der Waals surface area contributed by atoms with E-state index >= 15 is 0 Å². The summed E-state index contributed by atoms with van der Waals surface area (Å²) in [6.45, 7) is 0. The van der Waals surface area contributed by atoms with Crippen LogP contribution < -0.4 is 5.73 Å². The molecule has 3 nitrogen and oxygen atoms in total. The van der Waals surface area contributed by atoms with Crippen molar-refractivity contribution in [3.05, 3.63) is 36.0 Å². The third kappa shape index (κ3) is 1.68. The summed E-state index contributed by atoms with van der Waals surface area (Å²) in [4.78, 5) is 0. The highest BCUT2D eigenvalue weighted by molar-refractivity contribution is 5.72.